The molecular formula is C18H20Cl2N2O3S. The predicted molar refractivity (Wildman–Crippen MR) is 105 cm³/mol. The number of carbonyl (C=O) groups is 1. The van der Waals surface area contributed by atoms with Gasteiger partial charge in [0.05, 0.1) is 6.26 Å². The summed E-state index contributed by atoms with van der Waals surface area (Å²) < 4.78 is 24.5. The molecule has 140 valence electrons. The summed E-state index contributed by atoms with van der Waals surface area (Å²) >= 11 is 12.0. The average Bonchev–Trinajstić information content (AvgIpc) is 2.56. The molecule has 0 aliphatic carbocycles. The monoisotopic (exact) mass is 414 g/mol. The molecule has 2 aromatic carbocycles. The Hall–Kier alpha value is -1.60. The number of amides is 1. The molecule has 1 amide bonds. The molecule has 0 aromatic heterocycles. The fourth-order valence-corrected chi connectivity index (χ4v) is 3.32. The lowest BCUT2D eigenvalue weighted by Crippen LogP contribution is -2.26. The second kappa shape index (κ2) is 9.37. The van der Waals surface area contributed by atoms with Crippen LogP contribution in [0.25, 0.3) is 0 Å². The highest BCUT2D eigenvalue weighted by molar-refractivity contribution is 7.88. The minimum absolute atomic E-state index is 0.170. The zero-order valence-electron chi connectivity index (χ0n) is 14.3. The maximum absolute atomic E-state index is 12.2. The first-order valence-corrected chi connectivity index (χ1v) is 10.6. The van der Waals surface area contributed by atoms with Crippen LogP contribution in [0.2, 0.25) is 10.0 Å². The van der Waals surface area contributed by atoms with E-state index >= 15 is 0 Å². The van der Waals surface area contributed by atoms with Crippen LogP contribution >= 0.6 is 23.2 Å². The molecule has 2 aromatic rings. The number of hydrogen-bond acceptors (Lipinski definition) is 3. The van der Waals surface area contributed by atoms with E-state index in [0.29, 0.717) is 41.5 Å². The Morgan fingerprint density at radius 3 is 2.31 bits per heavy atom. The molecule has 0 fully saturated rings. The highest BCUT2D eigenvalue weighted by atomic mass is 35.5. The second-order valence-corrected chi connectivity index (χ2v) is 8.53. The van der Waals surface area contributed by atoms with Crippen LogP contribution in [-0.4, -0.2) is 33.7 Å². The van der Waals surface area contributed by atoms with Gasteiger partial charge in [0, 0.05) is 28.7 Å². The van der Waals surface area contributed by atoms with E-state index in [1.54, 1.807) is 24.3 Å². The lowest BCUT2D eigenvalue weighted by atomic mass is 10.1. The van der Waals surface area contributed by atoms with Gasteiger partial charge in [0.1, 0.15) is 0 Å². The molecule has 0 saturated heterocycles. The second-order valence-electron chi connectivity index (χ2n) is 5.86. The van der Waals surface area contributed by atoms with E-state index in [0.717, 1.165) is 17.4 Å². The number of hydrogen-bond donors (Lipinski definition) is 2. The molecule has 5 nitrogen and oxygen atoms in total. The van der Waals surface area contributed by atoms with Gasteiger partial charge < -0.3 is 5.32 Å². The SMILES string of the molecule is CS(=O)(=O)NCCc1ccc(C(=O)NCCc2ccc(Cl)cc2Cl)cc1. The highest BCUT2D eigenvalue weighted by Gasteiger charge is 2.07. The topological polar surface area (TPSA) is 75.3 Å². The Bertz CT molecular complexity index is 869. The quantitative estimate of drug-likeness (QED) is 0.696. The first kappa shape index (κ1) is 20.7. The minimum Gasteiger partial charge on any atom is -0.352 e. The van der Waals surface area contributed by atoms with E-state index < -0.39 is 10.0 Å². The molecule has 8 heteroatoms. The zero-order valence-corrected chi connectivity index (χ0v) is 16.6. The number of nitrogens with one attached hydrogen (secondary N) is 2. The summed E-state index contributed by atoms with van der Waals surface area (Å²) in [4.78, 5) is 12.2. The van der Waals surface area contributed by atoms with Gasteiger partial charge in [-0.3, -0.25) is 4.79 Å². The molecular weight excluding hydrogens is 395 g/mol. The van der Waals surface area contributed by atoms with Crippen LogP contribution in [0.4, 0.5) is 0 Å². The molecule has 0 heterocycles. The average molecular weight is 415 g/mol. The Morgan fingerprint density at radius 1 is 1.00 bits per heavy atom. The van der Waals surface area contributed by atoms with Gasteiger partial charge in [0.2, 0.25) is 10.0 Å². The maximum atomic E-state index is 12.2. The van der Waals surface area contributed by atoms with E-state index in [1.165, 1.54) is 0 Å². The number of sulfonamides is 1. The summed E-state index contributed by atoms with van der Waals surface area (Å²) in [5, 5.41) is 4.01. The van der Waals surface area contributed by atoms with Crippen LogP contribution in [0.1, 0.15) is 21.5 Å². The van der Waals surface area contributed by atoms with Crippen LogP contribution in [0, 0.1) is 0 Å². The van der Waals surface area contributed by atoms with Crippen molar-refractivity contribution in [3.63, 3.8) is 0 Å². The van der Waals surface area contributed by atoms with Gasteiger partial charge in [-0.25, -0.2) is 13.1 Å². The van der Waals surface area contributed by atoms with Gasteiger partial charge in [-0.2, -0.15) is 0 Å². The van der Waals surface area contributed by atoms with Crippen molar-refractivity contribution >= 4 is 39.1 Å². The Kier molecular flexibility index (Phi) is 7.46. The molecule has 0 unspecified atom stereocenters. The first-order chi connectivity index (χ1) is 12.2. The Morgan fingerprint density at radius 2 is 1.69 bits per heavy atom. The summed E-state index contributed by atoms with van der Waals surface area (Å²) in [5.74, 6) is -0.170. The molecule has 0 aliphatic rings. The van der Waals surface area contributed by atoms with Gasteiger partial charge in [0.15, 0.2) is 0 Å². The largest absolute Gasteiger partial charge is 0.352 e. The highest BCUT2D eigenvalue weighted by Crippen LogP contribution is 2.21. The van der Waals surface area contributed by atoms with E-state index in [1.807, 2.05) is 18.2 Å². The van der Waals surface area contributed by atoms with Crippen LogP contribution < -0.4 is 10.0 Å². The zero-order chi connectivity index (χ0) is 19.2. The fourth-order valence-electron chi connectivity index (χ4n) is 2.34. The third-order valence-corrected chi connectivity index (χ3v) is 5.00. The minimum atomic E-state index is -3.19. The van der Waals surface area contributed by atoms with Crippen molar-refractivity contribution in [1.82, 2.24) is 10.0 Å². The van der Waals surface area contributed by atoms with E-state index in [9.17, 15) is 13.2 Å². The summed E-state index contributed by atoms with van der Waals surface area (Å²) in [6, 6.07) is 12.4. The van der Waals surface area contributed by atoms with Crippen molar-refractivity contribution in [3.8, 4) is 0 Å². The summed E-state index contributed by atoms with van der Waals surface area (Å²) in [7, 11) is -3.19. The number of carbonyl (C=O) groups excluding carboxylic acids is 1. The molecule has 0 saturated carbocycles. The van der Waals surface area contributed by atoms with Gasteiger partial charge in [-0.05, 0) is 48.2 Å². The van der Waals surface area contributed by atoms with Crippen LogP contribution in [0.3, 0.4) is 0 Å². The molecule has 0 aliphatic heterocycles. The smallest absolute Gasteiger partial charge is 0.251 e. The van der Waals surface area contributed by atoms with Gasteiger partial charge in [0.25, 0.3) is 5.91 Å². The predicted octanol–water partition coefficient (Wildman–Crippen LogP) is 3.06. The number of halogens is 2. The van der Waals surface area contributed by atoms with Crippen molar-refractivity contribution in [3.05, 3.63) is 69.2 Å². The maximum Gasteiger partial charge on any atom is 0.251 e. The fraction of sp³-hybridized carbons (Fsp3) is 0.278. The molecule has 0 spiro atoms. The lowest BCUT2D eigenvalue weighted by Gasteiger charge is -2.08. The van der Waals surface area contributed by atoms with Gasteiger partial charge in [-0.15, -0.1) is 0 Å². The summed E-state index contributed by atoms with van der Waals surface area (Å²) in [6.45, 7) is 0.784. The van der Waals surface area contributed by atoms with Gasteiger partial charge in [-0.1, -0.05) is 41.4 Å². The van der Waals surface area contributed by atoms with Crippen LogP contribution in [0.5, 0.6) is 0 Å². The van der Waals surface area contributed by atoms with Crippen molar-refractivity contribution in [1.29, 1.82) is 0 Å². The molecule has 2 rings (SSSR count). The van der Waals surface area contributed by atoms with Crippen LogP contribution in [0.15, 0.2) is 42.5 Å². The molecule has 26 heavy (non-hydrogen) atoms. The summed E-state index contributed by atoms with van der Waals surface area (Å²) in [5.41, 5.74) is 2.42. The van der Waals surface area contributed by atoms with E-state index in [-0.39, 0.29) is 5.91 Å². The Balaban J connectivity index is 1.82. The normalized spacial score (nSPS) is 11.3. The number of benzene rings is 2. The first-order valence-electron chi connectivity index (χ1n) is 8.00. The molecule has 2 N–H and O–H groups in total. The van der Waals surface area contributed by atoms with Crippen molar-refractivity contribution in [2.45, 2.75) is 12.8 Å². The lowest BCUT2D eigenvalue weighted by molar-refractivity contribution is 0.0954. The van der Waals surface area contributed by atoms with Crippen molar-refractivity contribution in [2.24, 2.45) is 0 Å². The number of rotatable bonds is 8. The van der Waals surface area contributed by atoms with Crippen molar-refractivity contribution < 1.29 is 13.2 Å². The third-order valence-electron chi connectivity index (χ3n) is 3.69. The third kappa shape index (κ3) is 6.96. The summed E-state index contributed by atoms with van der Waals surface area (Å²) in [6.07, 6.45) is 2.29. The Labute approximate surface area is 163 Å². The molecule has 0 atom stereocenters. The molecule has 0 bridgehead atoms. The standard InChI is InChI=1S/C18H20Cl2N2O3S/c1-26(24,25)22-11-8-13-2-4-15(5-3-13)18(23)21-10-9-14-6-7-16(19)12-17(14)20/h2-7,12,22H,8-11H2,1H3,(H,21,23). The van der Waals surface area contributed by atoms with Crippen molar-refractivity contribution in [2.75, 3.05) is 19.3 Å². The van der Waals surface area contributed by atoms with Gasteiger partial charge >= 0.3 is 0 Å². The molecule has 0 radical (unpaired) electrons. The van der Waals surface area contributed by atoms with E-state index in [2.05, 4.69) is 10.0 Å². The van der Waals surface area contributed by atoms with E-state index in [4.69, 9.17) is 23.2 Å². The van der Waals surface area contributed by atoms with Crippen LogP contribution in [-0.2, 0) is 22.9 Å².